The Morgan fingerprint density at radius 2 is 2.04 bits per heavy atom. The van der Waals surface area contributed by atoms with Gasteiger partial charge in [-0.2, -0.15) is 0 Å². The highest BCUT2D eigenvalue weighted by atomic mass is 32.2. The van der Waals surface area contributed by atoms with Crippen LogP contribution in [0.1, 0.15) is 5.76 Å². The van der Waals surface area contributed by atoms with E-state index < -0.39 is 4.92 Å². The molecule has 8 nitrogen and oxygen atoms in total. The standard InChI is InChI=1S/C17H13N5O3S/c1-10-11(6-8-25-10)16-19-20-17(21(16)2)26-15-4-3-14(22(23)24)13-9-18-7-5-12(13)15/h3-9H,1-2H3. The van der Waals surface area contributed by atoms with Gasteiger partial charge in [0, 0.05) is 35.8 Å². The second kappa shape index (κ2) is 6.26. The Bertz CT molecular complexity index is 1130. The van der Waals surface area contributed by atoms with Crippen molar-refractivity contribution in [2.75, 3.05) is 0 Å². The summed E-state index contributed by atoms with van der Waals surface area (Å²) in [6.45, 7) is 1.87. The number of aryl methyl sites for hydroxylation is 1. The number of non-ortho nitro benzene ring substituents is 1. The van der Waals surface area contributed by atoms with Gasteiger partial charge in [-0.05, 0) is 36.9 Å². The summed E-state index contributed by atoms with van der Waals surface area (Å²) in [6, 6.07) is 6.83. The first kappa shape index (κ1) is 16.3. The number of hydrogen-bond donors (Lipinski definition) is 0. The third kappa shape index (κ3) is 2.62. The van der Waals surface area contributed by atoms with Crippen molar-refractivity contribution < 1.29 is 9.34 Å². The molecular formula is C17H13N5O3S. The average Bonchev–Trinajstić information content (AvgIpc) is 3.21. The zero-order chi connectivity index (χ0) is 18.3. The Morgan fingerprint density at radius 1 is 1.19 bits per heavy atom. The first-order valence-corrected chi connectivity index (χ1v) is 8.50. The summed E-state index contributed by atoms with van der Waals surface area (Å²) >= 11 is 1.40. The highest BCUT2D eigenvalue weighted by Gasteiger charge is 2.19. The number of aromatic nitrogens is 4. The van der Waals surface area contributed by atoms with Crippen LogP contribution in [-0.4, -0.2) is 24.7 Å². The van der Waals surface area contributed by atoms with Crippen LogP contribution in [0, 0.1) is 17.0 Å². The van der Waals surface area contributed by atoms with Gasteiger partial charge in [0.1, 0.15) is 5.76 Å². The number of hydrogen-bond acceptors (Lipinski definition) is 7. The normalized spacial score (nSPS) is 11.2. The minimum absolute atomic E-state index is 0.0325. The van der Waals surface area contributed by atoms with Crippen molar-refractivity contribution in [2.24, 2.45) is 7.05 Å². The molecule has 1 aromatic carbocycles. The van der Waals surface area contributed by atoms with Gasteiger partial charge >= 0.3 is 0 Å². The van der Waals surface area contributed by atoms with Crippen molar-refractivity contribution in [2.45, 2.75) is 17.0 Å². The lowest BCUT2D eigenvalue weighted by atomic mass is 10.1. The number of nitro benzene ring substituents is 1. The van der Waals surface area contributed by atoms with Crippen molar-refractivity contribution in [3.05, 3.63) is 58.8 Å². The molecule has 0 bridgehead atoms. The Morgan fingerprint density at radius 3 is 2.77 bits per heavy atom. The number of furan rings is 1. The number of rotatable bonds is 4. The van der Waals surface area contributed by atoms with E-state index in [9.17, 15) is 10.1 Å². The van der Waals surface area contributed by atoms with Gasteiger partial charge in [0.25, 0.3) is 5.69 Å². The van der Waals surface area contributed by atoms with Gasteiger partial charge in [0.2, 0.25) is 0 Å². The molecule has 0 unspecified atom stereocenters. The van der Waals surface area contributed by atoms with E-state index in [0.717, 1.165) is 21.6 Å². The molecule has 0 atom stereocenters. The molecule has 0 fully saturated rings. The van der Waals surface area contributed by atoms with E-state index in [1.165, 1.54) is 24.0 Å². The predicted octanol–water partition coefficient (Wildman–Crippen LogP) is 3.99. The summed E-state index contributed by atoms with van der Waals surface area (Å²) in [4.78, 5) is 15.7. The molecule has 0 saturated heterocycles. The van der Waals surface area contributed by atoms with Gasteiger partial charge in [0.15, 0.2) is 11.0 Å². The summed E-state index contributed by atoms with van der Waals surface area (Å²) in [5.41, 5.74) is 0.912. The second-order valence-corrected chi connectivity index (χ2v) is 6.63. The molecular weight excluding hydrogens is 354 g/mol. The summed E-state index contributed by atoms with van der Waals surface area (Å²) in [5.74, 6) is 1.47. The molecule has 3 heterocycles. The maximum atomic E-state index is 11.2. The molecule has 0 aliphatic rings. The van der Waals surface area contributed by atoms with E-state index in [-0.39, 0.29) is 5.69 Å². The number of fused-ring (bicyclic) bond motifs is 1. The zero-order valence-electron chi connectivity index (χ0n) is 13.9. The lowest BCUT2D eigenvalue weighted by Crippen LogP contribution is -1.95. The van der Waals surface area contributed by atoms with Crippen LogP contribution >= 0.6 is 11.8 Å². The lowest BCUT2D eigenvalue weighted by molar-refractivity contribution is -0.383. The molecule has 0 N–H and O–H groups in total. The number of benzene rings is 1. The first-order valence-electron chi connectivity index (χ1n) is 7.69. The van der Waals surface area contributed by atoms with E-state index in [1.54, 1.807) is 24.6 Å². The third-order valence-electron chi connectivity index (χ3n) is 4.09. The number of nitrogens with zero attached hydrogens (tertiary/aromatic N) is 5. The van der Waals surface area contributed by atoms with Gasteiger partial charge in [-0.3, -0.25) is 15.1 Å². The quantitative estimate of drug-likeness (QED) is 0.397. The van der Waals surface area contributed by atoms with Gasteiger partial charge < -0.3 is 8.98 Å². The molecule has 26 heavy (non-hydrogen) atoms. The average molecular weight is 367 g/mol. The van der Waals surface area contributed by atoms with Crippen LogP contribution in [0.15, 0.2) is 57.4 Å². The Labute approximate surface area is 152 Å². The maximum absolute atomic E-state index is 11.2. The SMILES string of the molecule is Cc1occc1-c1nnc(Sc2ccc([N+](=O)[O-])c3cnccc23)n1C. The Hall–Kier alpha value is -3.20. The van der Waals surface area contributed by atoms with Crippen molar-refractivity contribution in [3.8, 4) is 11.4 Å². The van der Waals surface area contributed by atoms with Gasteiger partial charge in [-0.15, -0.1) is 10.2 Å². The van der Waals surface area contributed by atoms with Crippen LogP contribution in [0.2, 0.25) is 0 Å². The van der Waals surface area contributed by atoms with Crippen LogP contribution in [0.4, 0.5) is 5.69 Å². The minimum Gasteiger partial charge on any atom is -0.469 e. The highest BCUT2D eigenvalue weighted by Crippen LogP contribution is 2.37. The van der Waals surface area contributed by atoms with E-state index >= 15 is 0 Å². The molecule has 0 aliphatic heterocycles. The summed E-state index contributed by atoms with van der Waals surface area (Å²) in [5, 5.41) is 21.7. The van der Waals surface area contributed by atoms with Crippen molar-refractivity contribution in [1.29, 1.82) is 0 Å². The molecule has 0 radical (unpaired) electrons. The fraction of sp³-hybridized carbons (Fsp3) is 0.118. The van der Waals surface area contributed by atoms with Crippen molar-refractivity contribution >= 4 is 28.2 Å². The number of nitro groups is 1. The van der Waals surface area contributed by atoms with Crippen LogP contribution in [-0.2, 0) is 7.05 Å². The molecule has 130 valence electrons. The van der Waals surface area contributed by atoms with E-state index in [2.05, 4.69) is 15.2 Å². The molecule has 3 aromatic heterocycles. The van der Waals surface area contributed by atoms with Gasteiger partial charge in [0.05, 0.1) is 22.1 Å². The topological polar surface area (TPSA) is 99.9 Å². The largest absolute Gasteiger partial charge is 0.469 e. The smallest absolute Gasteiger partial charge is 0.278 e. The molecule has 0 spiro atoms. The fourth-order valence-electron chi connectivity index (χ4n) is 2.75. The summed E-state index contributed by atoms with van der Waals surface area (Å²) in [6.07, 6.45) is 4.74. The minimum atomic E-state index is -0.402. The van der Waals surface area contributed by atoms with Crippen molar-refractivity contribution in [3.63, 3.8) is 0 Å². The predicted molar refractivity (Wildman–Crippen MR) is 96.0 cm³/mol. The molecule has 4 rings (SSSR count). The van der Waals surface area contributed by atoms with Crippen LogP contribution in [0.25, 0.3) is 22.2 Å². The second-order valence-electron chi connectivity index (χ2n) is 5.62. The third-order valence-corrected chi connectivity index (χ3v) is 5.20. The fourth-order valence-corrected chi connectivity index (χ4v) is 3.68. The van der Waals surface area contributed by atoms with Gasteiger partial charge in [-0.1, -0.05) is 0 Å². The summed E-state index contributed by atoms with van der Waals surface area (Å²) < 4.78 is 7.21. The monoisotopic (exact) mass is 367 g/mol. The van der Waals surface area contributed by atoms with E-state index in [4.69, 9.17) is 4.42 Å². The molecule has 4 aromatic rings. The van der Waals surface area contributed by atoms with Gasteiger partial charge in [-0.25, -0.2) is 0 Å². The lowest BCUT2D eigenvalue weighted by Gasteiger charge is -2.07. The molecule has 9 heteroatoms. The van der Waals surface area contributed by atoms with Crippen LogP contribution in [0.3, 0.4) is 0 Å². The molecule has 0 amide bonds. The van der Waals surface area contributed by atoms with E-state index in [0.29, 0.717) is 16.4 Å². The maximum Gasteiger partial charge on any atom is 0.278 e. The Kier molecular flexibility index (Phi) is 3.92. The first-order chi connectivity index (χ1) is 12.6. The van der Waals surface area contributed by atoms with E-state index in [1.807, 2.05) is 24.6 Å². The zero-order valence-corrected chi connectivity index (χ0v) is 14.7. The van der Waals surface area contributed by atoms with Crippen LogP contribution < -0.4 is 0 Å². The summed E-state index contributed by atoms with van der Waals surface area (Å²) in [7, 11) is 1.87. The van der Waals surface area contributed by atoms with Crippen molar-refractivity contribution in [1.82, 2.24) is 19.7 Å². The Balaban J connectivity index is 1.78. The highest BCUT2D eigenvalue weighted by molar-refractivity contribution is 7.99. The number of pyridine rings is 1. The van der Waals surface area contributed by atoms with Crippen LogP contribution in [0.5, 0.6) is 0 Å². The molecule has 0 aliphatic carbocycles. The molecule has 0 saturated carbocycles.